The number of hydrogen-bond acceptors (Lipinski definition) is 6. The number of anilines is 1. The van der Waals surface area contributed by atoms with Gasteiger partial charge >= 0.3 is 0 Å². The summed E-state index contributed by atoms with van der Waals surface area (Å²) in [5.74, 6) is 0. The third-order valence-electron chi connectivity index (χ3n) is 7.85. The van der Waals surface area contributed by atoms with E-state index in [1.54, 1.807) is 30.9 Å². The number of nitrogens with zero attached hydrogens (tertiary/aromatic N) is 5. The molecular weight excluding hydrogens is 486 g/mol. The summed E-state index contributed by atoms with van der Waals surface area (Å²) >= 11 is 0. The summed E-state index contributed by atoms with van der Waals surface area (Å²) in [6.07, 6.45) is 0. The van der Waals surface area contributed by atoms with Gasteiger partial charge in [-0.2, -0.15) is 5.26 Å². The van der Waals surface area contributed by atoms with E-state index in [0.717, 1.165) is 12.2 Å². The second-order valence-corrected chi connectivity index (χ2v) is 10.6. The Kier molecular flexibility index (Phi) is 7.51. The van der Waals surface area contributed by atoms with Gasteiger partial charge in [0.15, 0.2) is 0 Å². The van der Waals surface area contributed by atoms with Crippen molar-refractivity contribution in [3.8, 4) is 6.07 Å². The number of methoxy groups -OCH3 is 1. The highest BCUT2D eigenvalue weighted by atomic mass is 16.5. The average molecular weight is 522 g/mol. The minimum atomic E-state index is -0.0980. The van der Waals surface area contributed by atoms with Gasteiger partial charge < -0.3 is 14.2 Å². The van der Waals surface area contributed by atoms with Crippen LogP contribution < -0.4 is 10.5 Å². The van der Waals surface area contributed by atoms with Crippen LogP contribution in [0.1, 0.15) is 40.9 Å². The lowest BCUT2D eigenvalue weighted by atomic mass is 9.92. The topological polar surface area (TPSA) is 74.4 Å². The molecule has 1 fully saturated rings. The second kappa shape index (κ2) is 11.0. The Morgan fingerprint density at radius 2 is 1.62 bits per heavy atom. The molecule has 7 heteroatoms. The number of rotatable bonds is 6. The lowest BCUT2D eigenvalue weighted by Gasteiger charge is -2.49. The quantitative estimate of drug-likeness (QED) is 0.365. The molecule has 1 aliphatic rings. The lowest BCUT2D eigenvalue weighted by molar-refractivity contribution is 0.0521. The zero-order valence-electron chi connectivity index (χ0n) is 23.3. The van der Waals surface area contributed by atoms with Crippen molar-refractivity contribution in [1.82, 2.24) is 14.5 Å². The molecule has 0 N–H and O–H groups in total. The summed E-state index contributed by atoms with van der Waals surface area (Å²) < 4.78 is 7.35. The molecule has 0 unspecified atom stereocenters. The van der Waals surface area contributed by atoms with Crippen LogP contribution in [0.4, 0.5) is 5.69 Å². The fourth-order valence-corrected chi connectivity index (χ4v) is 5.72. The molecule has 1 saturated heterocycles. The maximum Gasteiger partial charge on any atom is 0.252 e. The second-order valence-electron chi connectivity index (χ2n) is 10.6. The summed E-state index contributed by atoms with van der Waals surface area (Å²) in [5.41, 5.74) is 7.33. The fourth-order valence-electron chi connectivity index (χ4n) is 5.72. The molecule has 200 valence electrons. The van der Waals surface area contributed by atoms with E-state index in [-0.39, 0.29) is 23.7 Å². The summed E-state index contributed by atoms with van der Waals surface area (Å²) in [4.78, 5) is 22.4. The van der Waals surface area contributed by atoms with Crippen molar-refractivity contribution in [3.63, 3.8) is 0 Å². The number of benzene rings is 2. The van der Waals surface area contributed by atoms with Crippen LogP contribution in [0.2, 0.25) is 0 Å². The third-order valence-corrected chi connectivity index (χ3v) is 7.85. The van der Waals surface area contributed by atoms with E-state index in [1.807, 2.05) is 6.07 Å². The summed E-state index contributed by atoms with van der Waals surface area (Å²) in [6.45, 7) is 8.36. The van der Waals surface area contributed by atoms with Gasteiger partial charge in [-0.3, -0.25) is 9.69 Å². The molecule has 1 aliphatic heterocycles. The Morgan fingerprint density at radius 1 is 1.00 bits per heavy atom. The van der Waals surface area contributed by atoms with E-state index in [4.69, 9.17) is 4.74 Å². The smallest absolute Gasteiger partial charge is 0.252 e. The molecule has 2 aromatic carbocycles. The summed E-state index contributed by atoms with van der Waals surface area (Å²) in [7, 11) is 3.48. The molecule has 0 spiro atoms. The van der Waals surface area contributed by atoms with Gasteiger partial charge in [0.25, 0.3) is 5.56 Å². The Morgan fingerprint density at radius 3 is 2.18 bits per heavy atom. The van der Waals surface area contributed by atoms with Crippen molar-refractivity contribution in [2.45, 2.75) is 38.9 Å². The molecule has 2 atom stereocenters. The van der Waals surface area contributed by atoms with Gasteiger partial charge in [0, 0.05) is 39.4 Å². The van der Waals surface area contributed by atoms with E-state index in [1.165, 1.54) is 22.3 Å². The molecule has 5 rings (SSSR count). The minimum Gasteiger partial charge on any atom is -0.383 e. The molecule has 39 heavy (non-hydrogen) atoms. The van der Waals surface area contributed by atoms with E-state index in [0.29, 0.717) is 29.9 Å². The van der Waals surface area contributed by atoms with Gasteiger partial charge in [0.05, 0.1) is 29.9 Å². The average Bonchev–Trinajstić information content (AvgIpc) is 2.94. The predicted molar refractivity (Wildman–Crippen MR) is 155 cm³/mol. The van der Waals surface area contributed by atoms with Crippen molar-refractivity contribution in [3.05, 3.63) is 105 Å². The summed E-state index contributed by atoms with van der Waals surface area (Å²) in [5, 5.41) is 9.51. The maximum atomic E-state index is 13.0. The van der Waals surface area contributed by atoms with Crippen LogP contribution >= 0.6 is 0 Å². The van der Waals surface area contributed by atoms with Crippen molar-refractivity contribution in [2.24, 2.45) is 7.05 Å². The molecule has 7 nitrogen and oxygen atoms in total. The van der Waals surface area contributed by atoms with Gasteiger partial charge in [0.1, 0.15) is 17.3 Å². The molecule has 4 aromatic rings. The van der Waals surface area contributed by atoms with Crippen LogP contribution in [0, 0.1) is 25.2 Å². The molecule has 0 bridgehead atoms. The largest absolute Gasteiger partial charge is 0.383 e. The van der Waals surface area contributed by atoms with Gasteiger partial charge in [0.2, 0.25) is 0 Å². The Bertz CT molecular complexity index is 1520. The van der Waals surface area contributed by atoms with Crippen LogP contribution in [0.15, 0.2) is 71.5 Å². The number of hydrogen-bond donors (Lipinski definition) is 0. The molecule has 0 saturated carbocycles. The van der Waals surface area contributed by atoms with Gasteiger partial charge in [-0.05, 0) is 44.0 Å². The first-order valence-corrected chi connectivity index (χ1v) is 13.4. The molecular formula is C32H35N5O2. The first kappa shape index (κ1) is 26.6. The van der Waals surface area contributed by atoms with Crippen LogP contribution in [0.3, 0.4) is 0 Å². The van der Waals surface area contributed by atoms with Crippen molar-refractivity contribution >= 4 is 16.7 Å². The Hall–Kier alpha value is -3.99. The Labute approximate surface area is 229 Å². The first-order valence-electron chi connectivity index (χ1n) is 13.4. The van der Waals surface area contributed by atoms with Crippen molar-refractivity contribution in [1.29, 1.82) is 5.26 Å². The predicted octanol–water partition coefficient (Wildman–Crippen LogP) is 4.74. The normalized spacial score (nSPS) is 18.0. The van der Waals surface area contributed by atoms with Crippen LogP contribution in [0.25, 0.3) is 11.0 Å². The third kappa shape index (κ3) is 5.18. The number of nitriles is 1. The van der Waals surface area contributed by atoms with Crippen LogP contribution in [0.5, 0.6) is 0 Å². The van der Waals surface area contributed by atoms with E-state index in [2.05, 4.69) is 90.2 Å². The SMILES string of the molecule is COC[C@@H]1CN(c2cc(=O)n(C)c3ccc(C#N)nc23)[C@@H](C)CN1C(c1ccc(C)cc1)c1ccc(C)cc1. The van der Waals surface area contributed by atoms with Crippen LogP contribution in [-0.4, -0.2) is 53.3 Å². The van der Waals surface area contributed by atoms with E-state index in [9.17, 15) is 10.1 Å². The van der Waals surface area contributed by atoms with Crippen molar-refractivity contribution in [2.75, 3.05) is 31.7 Å². The molecule has 3 heterocycles. The van der Waals surface area contributed by atoms with E-state index < -0.39 is 0 Å². The highest BCUT2D eigenvalue weighted by molar-refractivity contribution is 5.89. The lowest BCUT2D eigenvalue weighted by Crippen LogP contribution is -2.60. The van der Waals surface area contributed by atoms with Gasteiger partial charge in [-0.1, -0.05) is 59.7 Å². The zero-order valence-corrected chi connectivity index (χ0v) is 23.3. The molecule has 0 radical (unpaired) electrons. The highest BCUT2D eigenvalue weighted by Gasteiger charge is 2.38. The molecule has 0 amide bonds. The number of pyridine rings is 2. The van der Waals surface area contributed by atoms with Crippen LogP contribution in [-0.2, 0) is 11.8 Å². The number of aryl methyl sites for hydroxylation is 3. The zero-order chi connectivity index (χ0) is 27.7. The summed E-state index contributed by atoms with van der Waals surface area (Å²) in [6, 6.07) is 25.1. The van der Waals surface area contributed by atoms with Crippen molar-refractivity contribution < 1.29 is 4.74 Å². The minimum absolute atomic E-state index is 0.0528. The van der Waals surface area contributed by atoms with E-state index >= 15 is 0 Å². The molecule has 0 aliphatic carbocycles. The van der Waals surface area contributed by atoms with Gasteiger partial charge in [-0.15, -0.1) is 0 Å². The first-order chi connectivity index (χ1) is 18.8. The fraction of sp³-hybridized carbons (Fsp3) is 0.344. The monoisotopic (exact) mass is 521 g/mol. The molecule has 2 aromatic heterocycles. The standard InChI is InChI=1S/C32H35N5O2/c1-21-6-10-24(11-7-21)32(25-12-8-22(2)9-13-25)37-18-23(3)36(19-27(37)20-39-5)29-16-30(38)35(4)28-15-14-26(17-33)34-31(28)29/h6-16,23,27,32H,18-20H2,1-5H3/t23-,27-/m0/s1. The maximum absolute atomic E-state index is 13.0. The number of ether oxygens (including phenoxy) is 1. The Balaban J connectivity index is 1.59. The van der Waals surface area contributed by atoms with Gasteiger partial charge in [-0.25, -0.2) is 4.98 Å². The highest BCUT2D eigenvalue weighted by Crippen LogP contribution is 2.36. The number of piperazine rings is 1. The number of fused-ring (bicyclic) bond motifs is 1. The number of aromatic nitrogens is 2.